The van der Waals surface area contributed by atoms with E-state index in [2.05, 4.69) is 38.2 Å². The average Bonchev–Trinajstić information content (AvgIpc) is 3.22. The number of likely N-dealkylation sites (N-methyl/N-ethyl adjacent to an activating group) is 1. The van der Waals surface area contributed by atoms with Gasteiger partial charge in [0.05, 0.1) is 34.4 Å². The van der Waals surface area contributed by atoms with Crippen LogP contribution in [-0.2, 0) is 33.3 Å². The summed E-state index contributed by atoms with van der Waals surface area (Å²) in [6.07, 6.45) is 46.7. The predicted molar refractivity (Wildman–Crippen MR) is 254 cm³/mol. The molecule has 0 amide bonds. The average molecular weight is 865 g/mol. The molecule has 0 aromatic carbocycles. The van der Waals surface area contributed by atoms with E-state index in [1.54, 1.807) is 0 Å². The van der Waals surface area contributed by atoms with Gasteiger partial charge in [-0.2, -0.15) is 0 Å². The Morgan fingerprint density at radius 1 is 0.492 bits per heavy atom. The topological polar surface area (TPSA) is 108 Å². The SMILES string of the molecule is CCCCCC/C=C\C/C=C\CCCCCCCC(=O)OC(COC(=O)CCCCCCCCCCCCCCCCCCCCCC)COC(OCC[N+](C)(C)C)C(=O)O. The van der Waals surface area contributed by atoms with Crippen molar-refractivity contribution in [3.8, 4) is 0 Å². The van der Waals surface area contributed by atoms with E-state index in [-0.39, 0.29) is 32.2 Å². The van der Waals surface area contributed by atoms with Crippen molar-refractivity contribution in [2.75, 3.05) is 47.5 Å². The van der Waals surface area contributed by atoms with Gasteiger partial charge < -0.3 is 28.5 Å². The molecule has 2 unspecified atom stereocenters. The van der Waals surface area contributed by atoms with Gasteiger partial charge in [0.15, 0.2) is 6.10 Å². The molecular weight excluding hydrogens is 767 g/mol. The number of esters is 2. The number of allylic oxidation sites excluding steroid dienone is 4. The quantitative estimate of drug-likeness (QED) is 0.0212. The van der Waals surface area contributed by atoms with Crippen LogP contribution < -0.4 is 0 Å². The van der Waals surface area contributed by atoms with Gasteiger partial charge in [-0.3, -0.25) is 9.59 Å². The van der Waals surface area contributed by atoms with Gasteiger partial charge in [-0.15, -0.1) is 0 Å². The van der Waals surface area contributed by atoms with Gasteiger partial charge in [0.2, 0.25) is 0 Å². The maximum atomic E-state index is 12.8. The number of carboxylic acids is 1. The Kier molecular flexibility index (Phi) is 42.8. The second kappa shape index (κ2) is 44.4. The van der Waals surface area contributed by atoms with Gasteiger partial charge in [-0.25, -0.2) is 4.79 Å². The first kappa shape index (κ1) is 58.8. The summed E-state index contributed by atoms with van der Waals surface area (Å²) in [7, 11) is 5.96. The zero-order valence-corrected chi connectivity index (χ0v) is 40.6. The van der Waals surface area contributed by atoms with Crippen LogP contribution in [0.4, 0.5) is 0 Å². The number of carbonyl (C=O) groups excluding carboxylic acids is 2. The van der Waals surface area contributed by atoms with Crippen LogP contribution in [0.5, 0.6) is 0 Å². The van der Waals surface area contributed by atoms with Crippen LogP contribution in [-0.4, -0.2) is 87.4 Å². The van der Waals surface area contributed by atoms with E-state index in [4.69, 9.17) is 18.9 Å². The number of aliphatic carboxylic acids is 1. The molecule has 61 heavy (non-hydrogen) atoms. The highest BCUT2D eigenvalue weighted by atomic mass is 16.7. The lowest BCUT2D eigenvalue weighted by molar-refractivity contribution is -0.870. The van der Waals surface area contributed by atoms with Crippen molar-refractivity contribution < 1.29 is 42.9 Å². The molecular formula is C52H98NO8+. The van der Waals surface area contributed by atoms with Gasteiger partial charge >= 0.3 is 17.9 Å². The number of hydrogen-bond donors (Lipinski definition) is 1. The number of ether oxygens (including phenoxy) is 4. The van der Waals surface area contributed by atoms with Crippen molar-refractivity contribution in [3.05, 3.63) is 24.3 Å². The van der Waals surface area contributed by atoms with Crippen LogP contribution in [0.25, 0.3) is 0 Å². The fraction of sp³-hybridized carbons (Fsp3) is 0.865. The summed E-state index contributed by atoms with van der Waals surface area (Å²) < 4.78 is 22.8. The standard InChI is InChI=1S/C52H97NO8/c1-6-8-10-12-14-16-18-20-22-24-25-26-27-29-30-32-34-36-38-40-42-49(54)59-46-48(47-60-52(51(56)57)58-45-44-53(3,4)5)61-50(55)43-41-39-37-35-33-31-28-23-21-19-17-15-13-11-9-7-2/h17,19,23,28,48,52H,6-16,18,20-22,24-27,29-47H2,1-5H3/p+1/b19-17-,28-23-. The number of nitrogens with zero attached hydrogens (tertiary/aromatic N) is 1. The third kappa shape index (κ3) is 45.6. The Hall–Kier alpha value is -2.23. The van der Waals surface area contributed by atoms with Gasteiger partial charge in [0, 0.05) is 12.8 Å². The fourth-order valence-corrected chi connectivity index (χ4v) is 7.22. The smallest absolute Gasteiger partial charge is 0.361 e. The first-order chi connectivity index (χ1) is 29.6. The molecule has 0 aliphatic rings. The summed E-state index contributed by atoms with van der Waals surface area (Å²) in [4.78, 5) is 37.2. The maximum Gasteiger partial charge on any atom is 0.361 e. The van der Waals surface area contributed by atoms with Crippen LogP contribution in [0.2, 0.25) is 0 Å². The molecule has 0 fully saturated rings. The first-order valence-corrected chi connectivity index (χ1v) is 25.5. The number of quaternary nitrogens is 1. The number of unbranched alkanes of at least 4 members (excludes halogenated alkanes) is 28. The summed E-state index contributed by atoms with van der Waals surface area (Å²) in [5.41, 5.74) is 0. The molecule has 0 aromatic heterocycles. The Balaban J connectivity index is 4.32. The lowest BCUT2D eigenvalue weighted by Crippen LogP contribution is -2.40. The maximum absolute atomic E-state index is 12.8. The molecule has 0 aromatic rings. The monoisotopic (exact) mass is 865 g/mol. The van der Waals surface area contributed by atoms with Crippen LogP contribution >= 0.6 is 0 Å². The minimum atomic E-state index is -1.51. The highest BCUT2D eigenvalue weighted by Crippen LogP contribution is 2.16. The molecule has 9 heteroatoms. The molecule has 0 bridgehead atoms. The zero-order chi connectivity index (χ0) is 44.9. The Labute approximate surface area is 376 Å². The predicted octanol–water partition coefficient (Wildman–Crippen LogP) is 14.0. The number of rotatable bonds is 47. The largest absolute Gasteiger partial charge is 0.477 e. The second-order valence-corrected chi connectivity index (χ2v) is 18.5. The molecule has 0 rings (SSSR count). The summed E-state index contributed by atoms with van der Waals surface area (Å²) in [5, 5.41) is 9.66. The van der Waals surface area contributed by atoms with Crippen molar-refractivity contribution in [1.82, 2.24) is 0 Å². The van der Waals surface area contributed by atoms with Crippen LogP contribution in [0.1, 0.15) is 232 Å². The van der Waals surface area contributed by atoms with E-state index >= 15 is 0 Å². The van der Waals surface area contributed by atoms with Gasteiger partial charge in [0.1, 0.15) is 13.2 Å². The normalized spacial score (nSPS) is 13.0. The van der Waals surface area contributed by atoms with E-state index in [0.717, 1.165) is 57.8 Å². The molecule has 2 atom stereocenters. The molecule has 1 N–H and O–H groups in total. The minimum Gasteiger partial charge on any atom is -0.477 e. The molecule has 9 nitrogen and oxygen atoms in total. The molecule has 0 aliphatic heterocycles. The molecule has 358 valence electrons. The molecule has 0 radical (unpaired) electrons. The molecule has 0 saturated carbocycles. The summed E-state index contributed by atoms with van der Waals surface area (Å²) >= 11 is 0. The van der Waals surface area contributed by atoms with E-state index in [1.807, 2.05) is 21.1 Å². The Bertz CT molecular complexity index is 1050. The third-order valence-electron chi connectivity index (χ3n) is 11.2. The van der Waals surface area contributed by atoms with E-state index in [9.17, 15) is 19.5 Å². The highest BCUT2D eigenvalue weighted by Gasteiger charge is 2.25. The summed E-state index contributed by atoms with van der Waals surface area (Å²) in [6, 6.07) is 0. The van der Waals surface area contributed by atoms with E-state index in [0.29, 0.717) is 23.9 Å². The summed E-state index contributed by atoms with van der Waals surface area (Å²) in [6.45, 7) is 4.87. The van der Waals surface area contributed by atoms with Crippen molar-refractivity contribution in [2.45, 2.75) is 245 Å². The van der Waals surface area contributed by atoms with Crippen LogP contribution in [0.15, 0.2) is 24.3 Å². The van der Waals surface area contributed by atoms with E-state index < -0.39 is 24.3 Å². The first-order valence-electron chi connectivity index (χ1n) is 25.5. The lowest BCUT2D eigenvalue weighted by atomic mass is 10.0. The van der Waals surface area contributed by atoms with Crippen molar-refractivity contribution in [1.29, 1.82) is 0 Å². The van der Waals surface area contributed by atoms with Crippen LogP contribution in [0.3, 0.4) is 0 Å². The Morgan fingerprint density at radius 3 is 1.31 bits per heavy atom. The number of hydrogen-bond acceptors (Lipinski definition) is 7. The molecule has 0 spiro atoms. The number of carbonyl (C=O) groups is 3. The summed E-state index contributed by atoms with van der Waals surface area (Å²) in [5.74, 6) is -2.01. The van der Waals surface area contributed by atoms with Crippen molar-refractivity contribution in [3.63, 3.8) is 0 Å². The van der Waals surface area contributed by atoms with Crippen molar-refractivity contribution >= 4 is 17.9 Å². The van der Waals surface area contributed by atoms with Gasteiger partial charge in [-0.05, 0) is 44.9 Å². The molecule has 0 heterocycles. The number of carboxylic acid groups (broad SMARTS) is 1. The molecule has 0 aliphatic carbocycles. The van der Waals surface area contributed by atoms with E-state index in [1.165, 1.54) is 141 Å². The molecule has 0 saturated heterocycles. The lowest BCUT2D eigenvalue weighted by Gasteiger charge is -2.25. The van der Waals surface area contributed by atoms with Gasteiger partial charge in [0.25, 0.3) is 6.29 Å². The highest BCUT2D eigenvalue weighted by molar-refractivity contribution is 5.71. The minimum absolute atomic E-state index is 0.183. The third-order valence-corrected chi connectivity index (χ3v) is 11.2. The van der Waals surface area contributed by atoms with Gasteiger partial charge in [-0.1, -0.05) is 199 Å². The zero-order valence-electron chi connectivity index (χ0n) is 40.6. The van der Waals surface area contributed by atoms with Crippen LogP contribution in [0, 0.1) is 0 Å². The fourth-order valence-electron chi connectivity index (χ4n) is 7.22. The Morgan fingerprint density at radius 2 is 0.885 bits per heavy atom. The second-order valence-electron chi connectivity index (χ2n) is 18.5. The van der Waals surface area contributed by atoms with Crippen molar-refractivity contribution in [2.24, 2.45) is 0 Å².